The number of nitrogens with zero attached hydrogens (tertiary/aromatic N) is 5. The number of carbonyl (C=O) groups excluding carboxylic acids is 1. The molecular formula is C29H31N5O3. The summed E-state index contributed by atoms with van der Waals surface area (Å²) in [5.41, 5.74) is 5.27. The van der Waals surface area contributed by atoms with Crippen molar-refractivity contribution in [2.75, 3.05) is 37.8 Å². The predicted octanol–water partition coefficient (Wildman–Crippen LogP) is 5.75. The fourth-order valence-corrected chi connectivity index (χ4v) is 4.58. The maximum Gasteiger partial charge on any atom is 0.227 e. The SMILES string of the molecule is CC(=O)n1cc(CCOc2cc(N3CCOCC3)cc(N=NCc3cccc(C)c3)n2)c2ccccc21. The van der Waals surface area contributed by atoms with Gasteiger partial charge in [-0.1, -0.05) is 48.0 Å². The van der Waals surface area contributed by atoms with E-state index < -0.39 is 0 Å². The van der Waals surface area contributed by atoms with Gasteiger partial charge >= 0.3 is 0 Å². The molecule has 190 valence electrons. The summed E-state index contributed by atoms with van der Waals surface area (Å²) in [6.45, 7) is 7.51. The van der Waals surface area contributed by atoms with Crippen molar-refractivity contribution in [3.8, 4) is 5.88 Å². The zero-order chi connectivity index (χ0) is 25.6. The van der Waals surface area contributed by atoms with E-state index in [0.717, 1.165) is 40.8 Å². The van der Waals surface area contributed by atoms with Crippen LogP contribution in [0.4, 0.5) is 11.5 Å². The van der Waals surface area contributed by atoms with E-state index >= 15 is 0 Å². The van der Waals surface area contributed by atoms with Crippen LogP contribution in [0.3, 0.4) is 0 Å². The van der Waals surface area contributed by atoms with Crippen LogP contribution in [0.2, 0.25) is 0 Å². The van der Waals surface area contributed by atoms with Gasteiger partial charge in [0.25, 0.3) is 0 Å². The highest BCUT2D eigenvalue weighted by Gasteiger charge is 2.15. The number of rotatable bonds is 8. The molecule has 4 aromatic rings. The number of carbonyl (C=O) groups is 1. The number of aromatic nitrogens is 2. The molecule has 8 heteroatoms. The van der Waals surface area contributed by atoms with Gasteiger partial charge < -0.3 is 14.4 Å². The number of anilines is 1. The van der Waals surface area contributed by atoms with Crippen LogP contribution in [0, 0.1) is 6.92 Å². The lowest BCUT2D eigenvalue weighted by molar-refractivity contribution is 0.0941. The number of fused-ring (bicyclic) bond motifs is 1. The van der Waals surface area contributed by atoms with Gasteiger partial charge in [-0.25, -0.2) is 0 Å². The Labute approximate surface area is 216 Å². The minimum absolute atomic E-state index is 0.0103. The van der Waals surface area contributed by atoms with Gasteiger partial charge in [0.2, 0.25) is 11.8 Å². The molecule has 0 radical (unpaired) electrons. The molecule has 1 aliphatic heterocycles. The third-order valence-corrected chi connectivity index (χ3v) is 6.41. The van der Waals surface area contributed by atoms with Crippen molar-refractivity contribution >= 4 is 28.3 Å². The number of ether oxygens (including phenoxy) is 2. The third kappa shape index (κ3) is 6.03. The molecule has 1 aliphatic rings. The summed E-state index contributed by atoms with van der Waals surface area (Å²) >= 11 is 0. The van der Waals surface area contributed by atoms with Crippen molar-refractivity contribution in [1.82, 2.24) is 9.55 Å². The van der Waals surface area contributed by atoms with Gasteiger partial charge in [-0.2, -0.15) is 10.1 Å². The summed E-state index contributed by atoms with van der Waals surface area (Å²) in [6.07, 6.45) is 2.55. The second-order valence-electron chi connectivity index (χ2n) is 9.17. The molecule has 0 unspecified atom stereocenters. The number of para-hydroxylation sites is 1. The Balaban J connectivity index is 1.33. The number of hydrogen-bond acceptors (Lipinski definition) is 7. The Kier molecular flexibility index (Phi) is 7.56. The lowest BCUT2D eigenvalue weighted by Crippen LogP contribution is -2.36. The van der Waals surface area contributed by atoms with Gasteiger partial charge in [-0.3, -0.25) is 9.36 Å². The van der Waals surface area contributed by atoms with Crippen LogP contribution in [-0.2, 0) is 17.7 Å². The monoisotopic (exact) mass is 497 g/mol. The van der Waals surface area contributed by atoms with E-state index in [1.54, 1.807) is 11.5 Å². The van der Waals surface area contributed by atoms with E-state index in [1.165, 1.54) is 5.56 Å². The largest absolute Gasteiger partial charge is 0.477 e. The van der Waals surface area contributed by atoms with Gasteiger partial charge in [0, 0.05) is 55.8 Å². The summed E-state index contributed by atoms with van der Waals surface area (Å²) in [6, 6.07) is 20.1. The van der Waals surface area contributed by atoms with Crippen LogP contribution in [0.15, 0.2) is 77.1 Å². The third-order valence-electron chi connectivity index (χ3n) is 6.41. The van der Waals surface area contributed by atoms with Gasteiger partial charge in [-0.15, -0.1) is 5.11 Å². The molecule has 2 aromatic carbocycles. The lowest BCUT2D eigenvalue weighted by atomic mass is 10.1. The number of aryl methyl sites for hydroxylation is 1. The van der Waals surface area contributed by atoms with Crippen LogP contribution in [-0.4, -0.2) is 48.4 Å². The minimum atomic E-state index is -0.0103. The number of azo groups is 1. The molecule has 8 nitrogen and oxygen atoms in total. The molecule has 0 saturated carbocycles. The minimum Gasteiger partial charge on any atom is -0.477 e. The van der Waals surface area contributed by atoms with Crippen molar-refractivity contribution in [1.29, 1.82) is 0 Å². The first-order chi connectivity index (χ1) is 18.1. The topological polar surface area (TPSA) is 81.3 Å². The Hall–Kier alpha value is -4.04. The Morgan fingerprint density at radius 1 is 1.08 bits per heavy atom. The second-order valence-corrected chi connectivity index (χ2v) is 9.17. The lowest BCUT2D eigenvalue weighted by Gasteiger charge is -2.29. The molecule has 37 heavy (non-hydrogen) atoms. The van der Waals surface area contributed by atoms with Gasteiger partial charge in [0.1, 0.15) is 0 Å². The molecule has 0 atom stereocenters. The molecule has 5 rings (SSSR count). The van der Waals surface area contributed by atoms with Crippen LogP contribution >= 0.6 is 0 Å². The molecule has 3 heterocycles. The van der Waals surface area contributed by atoms with Crippen LogP contribution in [0.5, 0.6) is 5.88 Å². The van der Waals surface area contributed by atoms with E-state index in [2.05, 4.69) is 39.2 Å². The first-order valence-corrected chi connectivity index (χ1v) is 12.6. The van der Waals surface area contributed by atoms with E-state index in [1.807, 2.05) is 54.7 Å². The van der Waals surface area contributed by atoms with E-state index in [4.69, 9.17) is 9.47 Å². The molecular weight excluding hydrogens is 466 g/mol. The summed E-state index contributed by atoms with van der Waals surface area (Å²) < 4.78 is 13.3. The van der Waals surface area contributed by atoms with Gasteiger partial charge in [0.05, 0.1) is 31.9 Å². The van der Waals surface area contributed by atoms with Crippen LogP contribution in [0.1, 0.15) is 28.4 Å². The van der Waals surface area contributed by atoms with Gasteiger partial charge in [-0.05, 0) is 24.1 Å². The smallest absolute Gasteiger partial charge is 0.227 e. The maximum absolute atomic E-state index is 12.1. The molecule has 0 aliphatic carbocycles. The van der Waals surface area contributed by atoms with Crippen molar-refractivity contribution < 1.29 is 14.3 Å². The highest BCUT2D eigenvalue weighted by molar-refractivity contribution is 5.93. The Bertz CT molecular complexity index is 1420. The van der Waals surface area contributed by atoms with Crippen LogP contribution < -0.4 is 9.64 Å². The fraction of sp³-hybridized carbons (Fsp3) is 0.310. The highest BCUT2D eigenvalue weighted by atomic mass is 16.5. The molecule has 2 aromatic heterocycles. The van der Waals surface area contributed by atoms with Crippen molar-refractivity contribution in [2.24, 2.45) is 10.2 Å². The van der Waals surface area contributed by atoms with Crippen LogP contribution in [0.25, 0.3) is 10.9 Å². The summed E-state index contributed by atoms with van der Waals surface area (Å²) in [5, 5.41) is 9.86. The zero-order valence-electron chi connectivity index (χ0n) is 21.3. The van der Waals surface area contributed by atoms with E-state index in [-0.39, 0.29) is 5.91 Å². The molecule has 1 fully saturated rings. The quantitative estimate of drug-likeness (QED) is 0.290. The van der Waals surface area contributed by atoms with Crippen molar-refractivity contribution in [3.63, 3.8) is 0 Å². The average molecular weight is 498 g/mol. The van der Waals surface area contributed by atoms with E-state index in [9.17, 15) is 4.79 Å². The Morgan fingerprint density at radius 2 is 1.92 bits per heavy atom. The first-order valence-electron chi connectivity index (χ1n) is 12.6. The fourth-order valence-electron chi connectivity index (χ4n) is 4.58. The predicted molar refractivity (Wildman–Crippen MR) is 144 cm³/mol. The second kappa shape index (κ2) is 11.3. The summed E-state index contributed by atoms with van der Waals surface area (Å²) in [4.78, 5) is 18.9. The van der Waals surface area contributed by atoms with Crippen molar-refractivity contribution in [2.45, 2.75) is 26.8 Å². The average Bonchev–Trinajstić information content (AvgIpc) is 3.28. The first kappa shape index (κ1) is 24.6. The molecule has 0 N–H and O–H groups in total. The number of hydrogen-bond donors (Lipinski definition) is 0. The summed E-state index contributed by atoms with van der Waals surface area (Å²) in [5.74, 6) is 1.01. The van der Waals surface area contributed by atoms with Gasteiger partial charge in [0.15, 0.2) is 5.82 Å². The molecule has 0 spiro atoms. The van der Waals surface area contributed by atoms with Crippen molar-refractivity contribution in [3.05, 3.63) is 83.6 Å². The zero-order valence-corrected chi connectivity index (χ0v) is 21.3. The number of pyridine rings is 1. The number of morpholine rings is 1. The number of benzene rings is 2. The molecule has 0 bridgehead atoms. The van der Waals surface area contributed by atoms with E-state index in [0.29, 0.717) is 44.5 Å². The highest BCUT2D eigenvalue weighted by Crippen LogP contribution is 2.27. The maximum atomic E-state index is 12.1. The Morgan fingerprint density at radius 3 is 2.73 bits per heavy atom. The summed E-state index contributed by atoms with van der Waals surface area (Å²) in [7, 11) is 0. The normalized spacial score (nSPS) is 13.9. The standard InChI is InChI=1S/C29H31N5O3/c1-21-6-5-7-23(16-21)19-30-32-28-17-25(33-11-14-36-15-12-33)18-29(31-28)37-13-10-24-20-34(22(2)35)27-9-4-3-8-26(24)27/h3-9,16-18,20H,10-15,19H2,1-2H3. The molecule has 1 saturated heterocycles. The molecule has 0 amide bonds.